The molecule has 1 aliphatic heterocycles. The van der Waals surface area contributed by atoms with Crippen LogP contribution < -0.4 is 0 Å². The predicted octanol–water partition coefficient (Wildman–Crippen LogP) is 2.35. The lowest BCUT2D eigenvalue weighted by atomic mass is 10.1. The Kier molecular flexibility index (Phi) is 5.06. The molecule has 0 saturated carbocycles. The number of nitrogens with zero attached hydrogens (tertiary/aromatic N) is 3. The summed E-state index contributed by atoms with van der Waals surface area (Å²) in [5.74, 6) is -1.36. The van der Waals surface area contributed by atoms with E-state index in [2.05, 4.69) is 4.99 Å². The maximum Gasteiger partial charge on any atom is 0.319 e. The van der Waals surface area contributed by atoms with E-state index in [1.54, 1.807) is 24.3 Å². The molecule has 2 rings (SSSR count). The Morgan fingerprint density at radius 2 is 1.96 bits per heavy atom. The Bertz CT molecular complexity index is 692. The summed E-state index contributed by atoms with van der Waals surface area (Å²) >= 11 is 1.10. The number of amides is 1. The molecule has 1 amide bonds. The SMILES string of the molecule is CC(C)N1C(=NC(=O)c2ccc(C#N)cc2)SC(C(=O)O)C1C. The van der Waals surface area contributed by atoms with E-state index >= 15 is 0 Å². The van der Waals surface area contributed by atoms with Gasteiger partial charge in [0.25, 0.3) is 5.91 Å². The van der Waals surface area contributed by atoms with Crippen LogP contribution in [0, 0.1) is 11.3 Å². The van der Waals surface area contributed by atoms with E-state index in [0.717, 1.165) is 11.8 Å². The number of carbonyl (C=O) groups is 2. The summed E-state index contributed by atoms with van der Waals surface area (Å²) in [5, 5.41) is 17.8. The molecule has 0 aromatic heterocycles. The molecule has 1 heterocycles. The first-order valence-corrected chi connectivity index (χ1v) is 8.04. The van der Waals surface area contributed by atoms with Crippen LogP contribution in [0.4, 0.5) is 0 Å². The van der Waals surface area contributed by atoms with E-state index in [0.29, 0.717) is 16.3 Å². The van der Waals surface area contributed by atoms with E-state index in [4.69, 9.17) is 5.26 Å². The van der Waals surface area contributed by atoms with Gasteiger partial charge in [-0.05, 0) is 45.0 Å². The second-order valence-electron chi connectivity index (χ2n) is 5.51. The highest BCUT2D eigenvalue weighted by atomic mass is 32.2. The van der Waals surface area contributed by atoms with E-state index in [9.17, 15) is 14.7 Å². The van der Waals surface area contributed by atoms with Crippen LogP contribution >= 0.6 is 11.8 Å². The van der Waals surface area contributed by atoms with Crippen molar-refractivity contribution in [3.05, 3.63) is 35.4 Å². The summed E-state index contributed by atoms with van der Waals surface area (Å²) in [6.45, 7) is 5.69. The molecule has 2 atom stereocenters. The van der Waals surface area contributed by atoms with Crippen molar-refractivity contribution in [2.45, 2.75) is 38.1 Å². The van der Waals surface area contributed by atoms with Gasteiger partial charge in [-0.15, -0.1) is 0 Å². The van der Waals surface area contributed by atoms with Crippen LogP contribution in [0.2, 0.25) is 0 Å². The average Bonchev–Trinajstić information content (AvgIpc) is 2.84. The molecule has 23 heavy (non-hydrogen) atoms. The van der Waals surface area contributed by atoms with Crippen LogP contribution in [0.3, 0.4) is 0 Å². The summed E-state index contributed by atoms with van der Waals surface area (Å²) < 4.78 is 0. The van der Waals surface area contributed by atoms with Gasteiger partial charge in [0.15, 0.2) is 5.17 Å². The number of aliphatic carboxylic acids is 1. The number of aliphatic imine (C=N–C) groups is 1. The molecule has 1 fully saturated rings. The highest BCUT2D eigenvalue weighted by Gasteiger charge is 2.42. The molecule has 7 heteroatoms. The zero-order chi connectivity index (χ0) is 17.1. The molecule has 0 aliphatic carbocycles. The highest BCUT2D eigenvalue weighted by Crippen LogP contribution is 2.33. The summed E-state index contributed by atoms with van der Waals surface area (Å²) in [5.41, 5.74) is 0.833. The van der Waals surface area contributed by atoms with Gasteiger partial charge in [0.2, 0.25) is 0 Å². The quantitative estimate of drug-likeness (QED) is 0.914. The van der Waals surface area contributed by atoms with Crippen molar-refractivity contribution in [3.63, 3.8) is 0 Å². The fraction of sp³-hybridized carbons (Fsp3) is 0.375. The number of rotatable bonds is 3. The molecule has 2 unspecified atom stereocenters. The lowest BCUT2D eigenvalue weighted by Gasteiger charge is -2.28. The number of hydrogen-bond acceptors (Lipinski definition) is 4. The molecule has 0 spiro atoms. The maximum absolute atomic E-state index is 12.3. The number of thioether (sulfide) groups is 1. The minimum Gasteiger partial charge on any atom is -0.480 e. The molecule has 1 aliphatic rings. The van der Waals surface area contributed by atoms with Crippen LogP contribution in [0.1, 0.15) is 36.7 Å². The fourth-order valence-corrected chi connectivity index (χ4v) is 3.75. The Morgan fingerprint density at radius 3 is 2.43 bits per heavy atom. The maximum atomic E-state index is 12.3. The van der Waals surface area contributed by atoms with E-state index in [-0.39, 0.29) is 12.1 Å². The van der Waals surface area contributed by atoms with Crippen molar-refractivity contribution in [1.29, 1.82) is 5.26 Å². The number of carboxylic acids is 1. The summed E-state index contributed by atoms with van der Waals surface area (Å²) in [7, 11) is 0. The largest absolute Gasteiger partial charge is 0.480 e. The van der Waals surface area contributed by atoms with Crippen LogP contribution in [0.5, 0.6) is 0 Å². The molecule has 1 aromatic rings. The summed E-state index contributed by atoms with van der Waals surface area (Å²) in [6, 6.07) is 7.97. The van der Waals surface area contributed by atoms with Crippen molar-refractivity contribution in [1.82, 2.24) is 4.90 Å². The molecule has 120 valence electrons. The lowest BCUT2D eigenvalue weighted by Crippen LogP contribution is -2.41. The topological polar surface area (TPSA) is 93.8 Å². The molecular formula is C16H17N3O3S. The Hall–Kier alpha value is -2.33. The molecule has 6 nitrogen and oxygen atoms in total. The fourth-order valence-electron chi connectivity index (χ4n) is 2.46. The predicted molar refractivity (Wildman–Crippen MR) is 88.4 cm³/mol. The van der Waals surface area contributed by atoms with Gasteiger partial charge in [0, 0.05) is 11.6 Å². The second kappa shape index (κ2) is 6.84. The normalized spacial score (nSPS) is 22.4. The number of carbonyl (C=O) groups excluding carboxylic acids is 1. The van der Waals surface area contributed by atoms with Crippen molar-refractivity contribution in [2.24, 2.45) is 4.99 Å². The van der Waals surface area contributed by atoms with Crippen LogP contribution in [0.25, 0.3) is 0 Å². The first kappa shape index (κ1) is 17.0. The molecular weight excluding hydrogens is 314 g/mol. The highest BCUT2D eigenvalue weighted by molar-refractivity contribution is 8.15. The number of carboxylic acid groups (broad SMARTS) is 1. The van der Waals surface area contributed by atoms with E-state index in [1.165, 1.54) is 0 Å². The van der Waals surface area contributed by atoms with E-state index in [1.807, 2.05) is 31.7 Å². The monoisotopic (exact) mass is 331 g/mol. The first-order chi connectivity index (χ1) is 10.8. The Labute approximate surface area is 138 Å². The van der Waals surface area contributed by atoms with Gasteiger partial charge in [0.1, 0.15) is 5.25 Å². The number of amidine groups is 1. The summed E-state index contributed by atoms with van der Waals surface area (Å²) in [4.78, 5) is 29.6. The van der Waals surface area contributed by atoms with Crippen LogP contribution in [-0.4, -0.2) is 44.4 Å². The van der Waals surface area contributed by atoms with Gasteiger partial charge in [-0.1, -0.05) is 11.8 Å². The smallest absolute Gasteiger partial charge is 0.319 e. The number of nitriles is 1. The summed E-state index contributed by atoms with van der Waals surface area (Å²) in [6.07, 6.45) is 0. The average molecular weight is 331 g/mol. The Morgan fingerprint density at radius 1 is 1.35 bits per heavy atom. The van der Waals surface area contributed by atoms with Crippen LogP contribution in [0.15, 0.2) is 29.3 Å². The first-order valence-electron chi connectivity index (χ1n) is 7.16. The van der Waals surface area contributed by atoms with E-state index < -0.39 is 17.1 Å². The van der Waals surface area contributed by atoms with Crippen molar-refractivity contribution < 1.29 is 14.7 Å². The van der Waals surface area contributed by atoms with Gasteiger partial charge in [0.05, 0.1) is 17.7 Å². The lowest BCUT2D eigenvalue weighted by molar-refractivity contribution is -0.137. The minimum absolute atomic E-state index is 0.0364. The Balaban J connectivity index is 2.30. The molecule has 1 aromatic carbocycles. The van der Waals surface area contributed by atoms with Gasteiger partial charge in [-0.2, -0.15) is 10.3 Å². The van der Waals surface area contributed by atoms with Crippen molar-refractivity contribution >= 4 is 28.8 Å². The third-order valence-electron chi connectivity index (χ3n) is 3.59. The van der Waals surface area contributed by atoms with Gasteiger partial charge < -0.3 is 10.0 Å². The molecule has 0 radical (unpaired) electrons. The second-order valence-corrected chi connectivity index (χ2v) is 6.62. The van der Waals surface area contributed by atoms with Gasteiger partial charge in [-0.25, -0.2) is 0 Å². The molecule has 0 bridgehead atoms. The minimum atomic E-state index is -0.913. The van der Waals surface area contributed by atoms with Crippen molar-refractivity contribution in [2.75, 3.05) is 0 Å². The van der Waals surface area contributed by atoms with Gasteiger partial charge >= 0.3 is 5.97 Å². The molecule has 1 N–H and O–H groups in total. The van der Waals surface area contributed by atoms with Crippen molar-refractivity contribution in [3.8, 4) is 6.07 Å². The standard InChI is InChI=1S/C16H17N3O3S/c1-9(2)19-10(3)13(15(21)22)23-16(19)18-14(20)12-6-4-11(8-17)5-7-12/h4-7,9-10,13H,1-3H3,(H,21,22). The number of hydrogen-bond donors (Lipinski definition) is 1. The third kappa shape index (κ3) is 3.54. The van der Waals surface area contributed by atoms with Gasteiger partial charge in [-0.3, -0.25) is 9.59 Å². The zero-order valence-corrected chi connectivity index (χ0v) is 13.9. The third-order valence-corrected chi connectivity index (χ3v) is 4.95. The molecule has 1 saturated heterocycles. The zero-order valence-electron chi connectivity index (χ0n) is 13.1. The number of benzene rings is 1. The van der Waals surface area contributed by atoms with Crippen LogP contribution in [-0.2, 0) is 4.79 Å².